The van der Waals surface area contributed by atoms with Gasteiger partial charge in [0.1, 0.15) is 23.2 Å². The van der Waals surface area contributed by atoms with Crippen LogP contribution >= 0.6 is 0 Å². The van der Waals surface area contributed by atoms with Crippen LogP contribution in [0.2, 0.25) is 0 Å². The van der Waals surface area contributed by atoms with Crippen molar-refractivity contribution in [1.29, 1.82) is 5.26 Å². The fraction of sp³-hybridized carbons (Fsp3) is 0.0500. The van der Waals surface area contributed by atoms with E-state index in [0.717, 1.165) is 5.52 Å². The third-order valence-electron chi connectivity index (χ3n) is 4.32. The van der Waals surface area contributed by atoms with Crippen LogP contribution < -0.4 is 15.6 Å². The number of ether oxygens (including phenoxy) is 1. The Morgan fingerprint density at radius 1 is 1.19 bits per heavy atom. The monoisotopic (exact) mass is 358 g/mol. The number of pyridine rings is 1. The molecule has 0 atom stereocenters. The van der Waals surface area contributed by atoms with Crippen molar-refractivity contribution in [2.24, 2.45) is 0 Å². The summed E-state index contributed by atoms with van der Waals surface area (Å²) in [7, 11) is 1.47. The number of methoxy groups -OCH3 is 1. The van der Waals surface area contributed by atoms with Crippen molar-refractivity contribution in [3.63, 3.8) is 0 Å². The summed E-state index contributed by atoms with van der Waals surface area (Å²) < 4.78 is 6.59. The highest BCUT2D eigenvalue weighted by molar-refractivity contribution is 6.06. The van der Waals surface area contributed by atoms with Gasteiger partial charge in [0.2, 0.25) is 0 Å². The maximum Gasteiger partial charge on any atom is 0.280 e. The summed E-state index contributed by atoms with van der Waals surface area (Å²) in [6.45, 7) is 0. The smallest absolute Gasteiger partial charge is 0.280 e. The van der Waals surface area contributed by atoms with Crippen LogP contribution in [0, 0.1) is 11.3 Å². The molecule has 0 spiro atoms. The summed E-state index contributed by atoms with van der Waals surface area (Å²) in [6, 6.07) is 17.4. The first kappa shape index (κ1) is 16.4. The molecule has 4 rings (SSSR count). The van der Waals surface area contributed by atoms with Crippen LogP contribution in [0.3, 0.4) is 0 Å². The number of nitrogens with zero attached hydrogens (tertiary/aromatic N) is 2. The number of aromatic nitrogens is 2. The van der Waals surface area contributed by atoms with Crippen molar-refractivity contribution >= 4 is 28.3 Å². The number of rotatable bonds is 3. The molecule has 0 bridgehead atoms. The molecule has 0 radical (unpaired) electrons. The topological polar surface area (TPSA) is 99.4 Å². The zero-order valence-corrected chi connectivity index (χ0v) is 14.3. The minimum atomic E-state index is -0.492. The Bertz CT molecular complexity index is 1290. The number of H-pyrrole nitrogens is 1. The Hall–Kier alpha value is -4.05. The van der Waals surface area contributed by atoms with E-state index in [4.69, 9.17) is 4.74 Å². The van der Waals surface area contributed by atoms with Crippen LogP contribution in [-0.4, -0.2) is 22.4 Å². The van der Waals surface area contributed by atoms with Crippen molar-refractivity contribution < 1.29 is 9.53 Å². The van der Waals surface area contributed by atoms with Gasteiger partial charge in [0.15, 0.2) is 0 Å². The molecule has 2 aromatic heterocycles. The molecule has 2 N–H and O–H groups in total. The van der Waals surface area contributed by atoms with E-state index in [1.165, 1.54) is 17.6 Å². The van der Waals surface area contributed by atoms with Crippen LogP contribution in [0.1, 0.15) is 15.9 Å². The number of amides is 1. The quantitative estimate of drug-likeness (QED) is 0.588. The Morgan fingerprint density at radius 3 is 2.70 bits per heavy atom. The molecule has 0 aliphatic rings. The highest BCUT2D eigenvalue weighted by atomic mass is 16.5. The van der Waals surface area contributed by atoms with Gasteiger partial charge in [0.25, 0.3) is 11.5 Å². The second-order valence-electron chi connectivity index (χ2n) is 5.87. The molecule has 0 unspecified atom stereocenters. The Labute approximate surface area is 153 Å². The van der Waals surface area contributed by atoms with Gasteiger partial charge in [-0.3, -0.25) is 14.0 Å². The molecule has 0 aliphatic heterocycles. The van der Waals surface area contributed by atoms with Crippen LogP contribution in [0.5, 0.6) is 5.75 Å². The normalized spacial score (nSPS) is 10.7. The van der Waals surface area contributed by atoms with E-state index in [9.17, 15) is 14.9 Å². The number of para-hydroxylation sites is 3. The minimum Gasteiger partial charge on any atom is -0.496 e. The Kier molecular flexibility index (Phi) is 3.86. The number of nitrogens with one attached hydrogen (secondary N) is 2. The average Bonchev–Trinajstić information content (AvgIpc) is 3.10. The molecule has 0 saturated heterocycles. The van der Waals surface area contributed by atoms with E-state index >= 15 is 0 Å². The largest absolute Gasteiger partial charge is 0.496 e. The average molecular weight is 358 g/mol. The molecular weight excluding hydrogens is 344 g/mol. The number of anilines is 1. The molecule has 2 aromatic carbocycles. The van der Waals surface area contributed by atoms with Gasteiger partial charge in [-0.05, 0) is 30.3 Å². The number of benzene rings is 2. The zero-order valence-electron chi connectivity index (χ0n) is 14.3. The molecule has 0 aliphatic carbocycles. The van der Waals surface area contributed by atoms with Crippen molar-refractivity contribution in [1.82, 2.24) is 9.38 Å². The summed E-state index contributed by atoms with van der Waals surface area (Å²) in [6.07, 6.45) is 0. The fourth-order valence-corrected chi connectivity index (χ4v) is 3.07. The number of hydrogen-bond donors (Lipinski definition) is 2. The summed E-state index contributed by atoms with van der Waals surface area (Å²) in [5.74, 6) is -0.1000. The lowest BCUT2D eigenvalue weighted by Crippen LogP contribution is -2.23. The SMILES string of the molecule is COc1ccccc1C(=O)Nc1cc(C#N)c2[nH]c3ccccc3n2c1=O. The van der Waals surface area contributed by atoms with Crippen LogP contribution in [-0.2, 0) is 0 Å². The maximum atomic E-state index is 13.0. The van der Waals surface area contributed by atoms with Crippen LogP contribution in [0.15, 0.2) is 59.4 Å². The standard InChI is InChI=1S/C20H14N4O3/c1-27-17-9-5-2-6-13(17)19(25)23-15-10-12(11-21)18-22-14-7-3-4-8-16(14)24(18)20(15)26/h2-10,22H,1H3,(H,23,25). The van der Waals surface area contributed by atoms with Crippen LogP contribution in [0.4, 0.5) is 5.69 Å². The number of aromatic amines is 1. The minimum absolute atomic E-state index is 0.0182. The first-order valence-corrected chi connectivity index (χ1v) is 8.15. The van der Waals surface area contributed by atoms with E-state index < -0.39 is 11.5 Å². The third kappa shape index (κ3) is 2.60. The number of imidazole rings is 1. The summed E-state index contributed by atoms with van der Waals surface area (Å²) in [5.41, 5.74) is 1.87. The molecule has 27 heavy (non-hydrogen) atoms. The first-order chi connectivity index (χ1) is 13.1. The molecular formula is C20H14N4O3. The predicted octanol–water partition coefficient (Wildman–Crippen LogP) is 2.91. The van der Waals surface area contributed by atoms with E-state index in [-0.39, 0.29) is 11.3 Å². The summed E-state index contributed by atoms with van der Waals surface area (Å²) in [5, 5.41) is 12.1. The van der Waals surface area contributed by atoms with E-state index in [2.05, 4.69) is 16.4 Å². The van der Waals surface area contributed by atoms with Gasteiger partial charge in [-0.2, -0.15) is 5.26 Å². The van der Waals surface area contributed by atoms with Gasteiger partial charge in [-0.1, -0.05) is 24.3 Å². The maximum absolute atomic E-state index is 13.0. The first-order valence-electron chi connectivity index (χ1n) is 8.15. The van der Waals surface area contributed by atoms with Crippen molar-refractivity contribution in [2.75, 3.05) is 12.4 Å². The fourth-order valence-electron chi connectivity index (χ4n) is 3.07. The number of fused-ring (bicyclic) bond motifs is 3. The summed E-state index contributed by atoms with van der Waals surface area (Å²) >= 11 is 0. The molecule has 0 fully saturated rings. The van der Waals surface area contributed by atoms with Gasteiger partial charge in [0.05, 0.1) is 29.3 Å². The number of hydrogen-bond acceptors (Lipinski definition) is 4. The second kappa shape index (κ2) is 6.35. The van der Waals surface area contributed by atoms with E-state index in [1.807, 2.05) is 12.1 Å². The number of carbonyl (C=O) groups excluding carboxylic acids is 1. The zero-order chi connectivity index (χ0) is 19.0. The van der Waals surface area contributed by atoms with Crippen molar-refractivity contribution in [3.05, 3.63) is 76.1 Å². The lowest BCUT2D eigenvalue weighted by Gasteiger charge is -2.09. The molecule has 7 heteroatoms. The molecule has 2 heterocycles. The van der Waals surface area contributed by atoms with Gasteiger partial charge in [-0.15, -0.1) is 0 Å². The van der Waals surface area contributed by atoms with Gasteiger partial charge >= 0.3 is 0 Å². The van der Waals surface area contributed by atoms with Gasteiger partial charge < -0.3 is 15.0 Å². The van der Waals surface area contributed by atoms with Crippen LogP contribution in [0.25, 0.3) is 16.7 Å². The summed E-state index contributed by atoms with van der Waals surface area (Å²) in [4.78, 5) is 28.7. The second-order valence-corrected chi connectivity index (χ2v) is 5.87. The predicted molar refractivity (Wildman–Crippen MR) is 101 cm³/mol. The van der Waals surface area contributed by atoms with Crippen molar-refractivity contribution in [3.8, 4) is 11.8 Å². The van der Waals surface area contributed by atoms with E-state index in [1.54, 1.807) is 36.4 Å². The molecule has 1 amide bonds. The molecule has 0 saturated carbocycles. The van der Waals surface area contributed by atoms with Gasteiger partial charge in [0, 0.05) is 0 Å². The highest BCUT2D eigenvalue weighted by Gasteiger charge is 2.18. The lowest BCUT2D eigenvalue weighted by atomic mass is 10.2. The van der Waals surface area contributed by atoms with Crippen molar-refractivity contribution in [2.45, 2.75) is 0 Å². The highest BCUT2D eigenvalue weighted by Crippen LogP contribution is 2.21. The van der Waals surface area contributed by atoms with E-state index in [0.29, 0.717) is 22.5 Å². The number of nitriles is 1. The third-order valence-corrected chi connectivity index (χ3v) is 4.32. The Morgan fingerprint density at radius 2 is 1.93 bits per heavy atom. The molecule has 132 valence electrons. The number of carbonyl (C=O) groups is 1. The molecule has 4 aromatic rings. The Balaban J connectivity index is 1.89. The lowest BCUT2D eigenvalue weighted by molar-refractivity contribution is 0.102. The van der Waals surface area contributed by atoms with Gasteiger partial charge in [-0.25, -0.2) is 0 Å². The molecule has 7 nitrogen and oxygen atoms in total.